The number of anilines is 1. The number of rotatable bonds is 11. The minimum atomic E-state index is -0.215. The monoisotopic (exact) mass is 501 g/mol. The van der Waals surface area contributed by atoms with Crippen molar-refractivity contribution in [2.45, 2.75) is 59.0 Å². The van der Waals surface area contributed by atoms with E-state index in [-0.39, 0.29) is 11.9 Å². The largest absolute Gasteiger partial charge is 0.383 e. The number of nitrogens with zero attached hydrogens (tertiary/aromatic N) is 3. The van der Waals surface area contributed by atoms with Crippen LogP contribution in [-0.2, 0) is 11.3 Å². The standard InChI is InChI=1S/C26H39N5O3S/c1-19-9-7-10-20(2)24(19)29-26(33)31(15-16-34-4)17-23-28-22(18-35-23)25(32)27-12-8-14-30-13-6-5-11-21(30)3/h7,9-10,18,21H,5-6,8,11-17H2,1-4H3,(H,27,32)(H,29,33). The summed E-state index contributed by atoms with van der Waals surface area (Å²) in [4.78, 5) is 34.3. The summed E-state index contributed by atoms with van der Waals surface area (Å²) in [6.07, 6.45) is 4.77. The Balaban J connectivity index is 1.52. The number of carbonyl (C=O) groups excluding carboxylic acids is 2. The van der Waals surface area contributed by atoms with Crippen molar-refractivity contribution in [3.8, 4) is 0 Å². The second-order valence-corrected chi connectivity index (χ2v) is 10.2. The number of aryl methyl sites for hydroxylation is 2. The highest BCUT2D eigenvalue weighted by Gasteiger charge is 2.20. The summed E-state index contributed by atoms with van der Waals surface area (Å²) in [5.74, 6) is -0.164. The van der Waals surface area contributed by atoms with Crippen LogP contribution >= 0.6 is 11.3 Å². The molecule has 1 aromatic heterocycles. The van der Waals surface area contributed by atoms with E-state index in [1.165, 1.54) is 30.6 Å². The van der Waals surface area contributed by atoms with Gasteiger partial charge in [-0.2, -0.15) is 0 Å². The first kappa shape index (κ1) is 27.1. The number of urea groups is 1. The van der Waals surface area contributed by atoms with E-state index in [9.17, 15) is 9.59 Å². The highest BCUT2D eigenvalue weighted by Crippen LogP contribution is 2.21. The van der Waals surface area contributed by atoms with E-state index in [1.54, 1.807) is 17.4 Å². The molecule has 3 amide bonds. The Morgan fingerprint density at radius 1 is 1.26 bits per heavy atom. The Hall–Kier alpha value is -2.49. The number of thiazole rings is 1. The number of likely N-dealkylation sites (tertiary alicyclic amines) is 1. The van der Waals surface area contributed by atoms with Gasteiger partial charge in [0, 0.05) is 43.9 Å². The van der Waals surface area contributed by atoms with E-state index >= 15 is 0 Å². The molecular weight excluding hydrogens is 462 g/mol. The second-order valence-electron chi connectivity index (χ2n) is 9.23. The number of aromatic nitrogens is 1. The van der Waals surface area contributed by atoms with Gasteiger partial charge in [-0.25, -0.2) is 9.78 Å². The first-order valence-corrected chi connectivity index (χ1v) is 13.3. The number of methoxy groups -OCH3 is 1. The van der Waals surface area contributed by atoms with Crippen LogP contribution in [0.3, 0.4) is 0 Å². The van der Waals surface area contributed by atoms with Crippen LogP contribution in [0, 0.1) is 13.8 Å². The topological polar surface area (TPSA) is 86.8 Å². The molecule has 1 fully saturated rings. The predicted molar refractivity (Wildman–Crippen MR) is 141 cm³/mol. The Labute approximate surface area is 213 Å². The first-order valence-electron chi connectivity index (χ1n) is 12.5. The molecule has 1 atom stereocenters. The third kappa shape index (κ3) is 8.02. The molecule has 0 radical (unpaired) electrons. The lowest BCUT2D eigenvalue weighted by Crippen LogP contribution is -2.39. The summed E-state index contributed by atoms with van der Waals surface area (Å²) in [6.45, 7) is 10.2. The maximum absolute atomic E-state index is 13.0. The van der Waals surface area contributed by atoms with Gasteiger partial charge in [-0.3, -0.25) is 4.79 Å². The fourth-order valence-electron chi connectivity index (χ4n) is 4.37. The SMILES string of the molecule is COCCN(Cc1nc(C(=O)NCCCN2CCCCC2C)cs1)C(=O)Nc1c(C)cccc1C. The molecule has 1 aliphatic heterocycles. The second kappa shape index (κ2) is 13.6. The van der Waals surface area contributed by atoms with Crippen molar-refractivity contribution in [1.82, 2.24) is 20.1 Å². The fourth-order valence-corrected chi connectivity index (χ4v) is 5.16. The zero-order valence-electron chi connectivity index (χ0n) is 21.4. The Morgan fingerprint density at radius 2 is 2.03 bits per heavy atom. The summed E-state index contributed by atoms with van der Waals surface area (Å²) in [6, 6.07) is 6.34. The van der Waals surface area contributed by atoms with Crippen LogP contribution in [-0.4, -0.2) is 72.7 Å². The molecule has 2 aromatic rings. The molecule has 1 saturated heterocycles. The summed E-state index contributed by atoms with van der Waals surface area (Å²) >= 11 is 1.39. The molecule has 9 heteroatoms. The number of piperidine rings is 1. The maximum atomic E-state index is 13.0. The van der Waals surface area contributed by atoms with Crippen molar-refractivity contribution in [2.75, 3.05) is 45.2 Å². The molecule has 1 aliphatic rings. The molecule has 1 aromatic carbocycles. The molecule has 0 spiro atoms. The molecule has 8 nitrogen and oxygen atoms in total. The van der Waals surface area contributed by atoms with E-state index in [2.05, 4.69) is 27.4 Å². The van der Waals surface area contributed by atoms with E-state index in [0.29, 0.717) is 43.0 Å². The molecule has 192 valence electrons. The van der Waals surface area contributed by atoms with Gasteiger partial charge in [0.1, 0.15) is 10.7 Å². The quantitative estimate of drug-likeness (QED) is 0.445. The van der Waals surface area contributed by atoms with E-state index < -0.39 is 0 Å². The molecule has 0 bridgehead atoms. The zero-order chi connectivity index (χ0) is 25.2. The third-order valence-electron chi connectivity index (χ3n) is 6.52. The average molecular weight is 502 g/mol. The van der Waals surface area contributed by atoms with E-state index in [4.69, 9.17) is 4.74 Å². The van der Waals surface area contributed by atoms with Crippen LogP contribution in [0.15, 0.2) is 23.6 Å². The summed E-state index contributed by atoms with van der Waals surface area (Å²) in [7, 11) is 1.61. The smallest absolute Gasteiger partial charge is 0.322 e. The van der Waals surface area contributed by atoms with Gasteiger partial charge in [-0.05, 0) is 57.7 Å². The highest BCUT2D eigenvalue weighted by molar-refractivity contribution is 7.09. The predicted octanol–water partition coefficient (Wildman–Crippen LogP) is 4.43. The van der Waals surface area contributed by atoms with Crippen molar-refractivity contribution in [3.63, 3.8) is 0 Å². The van der Waals surface area contributed by atoms with Gasteiger partial charge in [0.2, 0.25) is 0 Å². The van der Waals surface area contributed by atoms with Gasteiger partial charge in [-0.15, -0.1) is 11.3 Å². The summed E-state index contributed by atoms with van der Waals surface area (Å²) in [5.41, 5.74) is 3.23. The van der Waals surface area contributed by atoms with E-state index in [1.807, 2.05) is 32.0 Å². The number of ether oxygens (including phenoxy) is 1. The van der Waals surface area contributed by atoms with Crippen LogP contribution < -0.4 is 10.6 Å². The first-order chi connectivity index (χ1) is 16.9. The lowest BCUT2D eigenvalue weighted by molar-refractivity contribution is 0.0944. The number of hydrogen-bond acceptors (Lipinski definition) is 6. The fraction of sp³-hybridized carbons (Fsp3) is 0.577. The minimum absolute atomic E-state index is 0.164. The maximum Gasteiger partial charge on any atom is 0.322 e. The molecule has 0 saturated carbocycles. The molecule has 35 heavy (non-hydrogen) atoms. The zero-order valence-corrected chi connectivity index (χ0v) is 22.2. The van der Waals surface area contributed by atoms with Crippen LogP contribution in [0.1, 0.15) is 59.2 Å². The van der Waals surface area contributed by atoms with Crippen molar-refractivity contribution in [1.29, 1.82) is 0 Å². The van der Waals surface area contributed by atoms with Crippen molar-refractivity contribution < 1.29 is 14.3 Å². The van der Waals surface area contributed by atoms with Crippen molar-refractivity contribution in [3.05, 3.63) is 45.4 Å². The Bertz CT molecular complexity index is 959. The van der Waals surface area contributed by atoms with Crippen LogP contribution in [0.5, 0.6) is 0 Å². The third-order valence-corrected chi connectivity index (χ3v) is 7.36. The lowest BCUT2D eigenvalue weighted by Gasteiger charge is -2.33. The Morgan fingerprint density at radius 3 is 2.74 bits per heavy atom. The lowest BCUT2D eigenvalue weighted by atomic mass is 10.0. The number of nitrogens with one attached hydrogen (secondary N) is 2. The molecule has 0 aliphatic carbocycles. The molecule has 1 unspecified atom stereocenters. The van der Waals surface area contributed by atoms with Gasteiger partial charge in [0.25, 0.3) is 5.91 Å². The summed E-state index contributed by atoms with van der Waals surface area (Å²) in [5, 5.41) is 8.49. The normalized spacial score (nSPS) is 16.2. The van der Waals surface area contributed by atoms with E-state index in [0.717, 1.165) is 36.3 Å². The Kier molecular flexibility index (Phi) is 10.5. The van der Waals surface area contributed by atoms with Crippen LogP contribution in [0.25, 0.3) is 0 Å². The number of hydrogen-bond donors (Lipinski definition) is 2. The number of carbonyl (C=O) groups is 2. The van der Waals surface area contributed by atoms with Gasteiger partial charge >= 0.3 is 6.03 Å². The van der Waals surface area contributed by atoms with Crippen LogP contribution in [0.2, 0.25) is 0 Å². The number of benzene rings is 1. The summed E-state index contributed by atoms with van der Waals surface area (Å²) < 4.78 is 5.20. The molecule has 2 heterocycles. The minimum Gasteiger partial charge on any atom is -0.383 e. The van der Waals surface area contributed by atoms with Crippen LogP contribution in [0.4, 0.5) is 10.5 Å². The van der Waals surface area contributed by atoms with Gasteiger partial charge in [-0.1, -0.05) is 24.6 Å². The number of amides is 3. The molecular formula is C26H39N5O3S. The van der Waals surface area contributed by atoms with Gasteiger partial charge in [0.05, 0.1) is 13.2 Å². The molecule has 2 N–H and O–H groups in total. The average Bonchev–Trinajstić information content (AvgIpc) is 3.31. The number of para-hydroxylation sites is 1. The van der Waals surface area contributed by atoms with Crippen molar-refractivity contribution >= 4 is 29.0 Å². The van der Waals surface area contributed by atoms with Crippen molar-refractivity contribution in [2.24, 2.45) is 0 Å². The van der Waals surface area contributed by atoms with Gasteiger partial charge < -0.3 is 25.2 Å². The molecule has 3 rings (SSSR count). The highest BCUT2D eigenvalue weighted by atomic mass is 32.1. The van der Waals surface area contributed by atoms with Gasteiger partial charge in [0.15, 0.2) is 0 Å².